The van der Waals surface area contributed by atoms with Gasteiger partial charge in [0.25, 0.3) is 0 Å². The summed E-state index contributed by atoms with van der Waals surface area (Å²) in [7, 11) is 1.97. The molecule has 0 amide bonds. The summed E-state index contributed by atoms with van der Waals surface area (Å²) in [6.07, 6.45) is 0. The minimum absolute atomic E-state index is 0.183. The van der Waals surface area contributed by atoms with E-state index in [1.807, 2.05) is 13.1 Å². The zero-order valence-electron chi connectivity index (χ0n) is 10.3. The highest BCUT2D eigenvalue weighted by atomic mass is 35.5. The van der Waals surface area contributed by atoms with Crippen LogP contribution in [0.25, 0.3) is 0 Å². The molecule has 0 aliphatic rings. The van der Waals surface area contributed by atoms with Crippen LogP contribution in [0.3, 0.4) is 0 Å². The summed E-state index contributed by atoms with van der Waals surface area (Å²) in [5.41, 5.74) is 1.88. The van der Waals surface area contributed by atoms with Crippen LogP contribution in [-0.2, 0) is 5.88 Å². The lowest BCUT2D eigenvalue weighted by Gasteiger charge is -2.28. The molecule has 1 rings (SSSR count). The number of halogens is 2. The summed E-state index contributed by atoms with van der Waals surface area (Å²) < 4.78 is 13.3. The molecule has 16 heavy (non-hydrogen) atoms. The van der Waals surface area contributed by atoms with E-state index < -0.39 is 0 Å². The maximum absolute atomic E-state index is 13.3. The third-order valence-corrected chi connectivity index (χ3v) is 2.56. The Kier molecular flexibility index (Phi) is 4.20. The average Bonchev–Trinajstić information content (AvgIpc) is 2.14. The number of nitrogens with zero attached hydrogens (tertiary/aromatic N) is 1. The standard InChI is InChI=1S/C13H19ClFN/c1-13(2,3)9-16(4)12-6-10(8-14)5-11(15)7-12/h5-7H,8-9H2,1-4H3. The van der Waals surface area contributed by atoms with E-state index in [2.05, 4.69) is 25.7 Å². The molecular weight excluding hydrogens is 225 g/mol. The molecule has 3 heteroatoms. The number of anilines is 1. The first kappa shape index (κ1) is 13.3. The third kappa shape index (κ3) is 4.01. The van der Waals surface area contributed by atoms with Gasteiger partial charge < -0.3 is 4.90 Å². The molecule has 0 radical (unpaired) electrons. The van der Waals surface area contributed by atoms with Crippen molar-refractivity contribution in [1.29, 1.82) is 0 Å². The van der Waals surface area contributed by atoms with Crippen molar-refractivity contribution in [3.05, 3.63) is 29.6 Å². The van der Waals surface area contributed by atoms with Gasteiger partial charge in [-0.15, -0.1) is 11.6 Å². The van der Waals surface area contributed by atoms with Gasteiger partial charge in [0.1, 0.15) is 5.82 Å². The van der Waals surface area contributed by atoms with Crippen molar-refractivity contribution in [2.24, 2.45) is 5.41 Å². The van der Waals surface area contributed by atoms with Crippen LogP contribution in [0.4, 0.5) is 10.1 Å². The Morgan fingerprint density at radius 3 is 2.38 bits per heavy atom. The first-order chi connectivity index (χ1) is 7.31. The van der Waals surface area contributed by atoms with Gasteiger partial charge in [-0.1, -0.05) is 20.8 Å². The Morgan fingerprint density at radius 1 is 1.25 bits per heavy atom. The van der Waals surface area contributed by atoms with Crippen LogP contribution in [0, 0.1) is 11.2 Å². The van der Waals surface area contributed by atoms with Crippen molar-refractivity contribution in [2.75, 3.05) is 18.5 Å². The van der Waals surface area contributed by atoms with E-state index in [-0.39, 0.29) is 11.2 Å². The van der Waals surface area contributed by atoms with Crippen LogP contribution in [0.2, 0.25) is 0 Å². The molecule has 0 heterocycles. The highest BCUT2D eigenvalue weighted by molar-refractivity contribution is 6.17. The molecule has 0 bridgehead atoms. The third-order valence-electron chi connectivity index (χ3n) is 2.25. The van der Waals surface area contributed by atoms with Gasteiger partial charge in [-0.3, -0.25) is 0 Å². The second kappa shape index (κ2) is 5.05. The molecule has 1 nitrogen and oxygen atoms in total. The van der Waals surface area contributed by atoms with Crippen LogP contribution in [0.1, 0.15) is 26.3 Å². The number of hydrogen-bond donors (Lipinski definition) is 0. The SMILES string of the molecule is CN(CC(C)(C)C)c1cc(F)cc(CCl)c1. The predicted octanol–water partition coefficient (Wildman–Crippen LogP) is 4.05. The van der Waals surface area contributed by atoms with Crippen molar-refractivity contribution in [1.82, 2.24) is 0 Å². The smallest absolute Gasteiger partial charge is 0.125 e. The van der Waals surface area contributed by atoms with Gasteiger partial charge in [-0.2, -0.15) is 0 Å². The summed E-state index contributed by atoms with van der Waals surface area (Å²) in [6.45, 7) is 7.35. The van der Waals surface area contributed by atoms with E-state index >= 15 is 0 Å². The second-order valence-electron chi connectivity index (χ2n) is 5.37. The number of benzene rings is 1. The predicted molar refractivity (Wildman–Crippen MR) is 68.7 cm³/mol. The van der Waals surface area contributed by atoms with Crippen molar-refractivity contribution >= 4 is 17.3 Å². The van der Waals surface area contributed by atoms with Gasteiger partial charge in [0, 0.05) is 25.2 Å². The van der Waals surface area contributed by atoms with Crippen LogP contribution >= 0.6 is 11.6 Å². The van der Waals surface area contributed by atoms with E-state index in [0.717, 1.165) is 17.8 Å². The lowest BCUT2D eigenvalue weighted by atomic mass is 9.96. The minimum Gasteiger partial charge on any atom is -0.374 e. The Balaban J connectivity index is 2.90. The number of rotatable bonds is 3. The van der Waals surface area contributed by atoms with Gasteiger partial charge in [0.15, 0.2) is 0 Å². The quantitative estimate of drug-likeness (QED) is 0.724. The second-order valence-corrected chi connectivity index (χ2v) is 5.64. The van der Waals surface area contributed by atoms with Gasteiger partial charge in [-0.05, 0) is 29.2 Å². The maximum atomic E-state index is 13.3. The normalized spacial score (nSPS) is 11.6. The van der Waals surface area contributed by atoms with E-state index in [1.165, 1.54) is 6.07 Å². The monoisotopic (exact) mass is 243 g/mol. The molecule has 0 unspecified atom stereocenters. The first-order valence-electron chi connectivity index (χ1n) is 5.38. The molecule has 0 saturated heterocycles. The fourth-order valence-electron chi connectivity index (χ4n) is 1.73. The maximum Gasteiger partial charge on any atom is 0.125 e. The Bertz CT molecular complexity index is 357. The Labute approximate surface area is 102 Å². The molecular formula is C13H19ClFN. The summed E-state index contributed by atoms with van der Waals surface area (Å²) in [4.78, 5) is 2.05. The molecule has 0 fully saturated rings. The lowest BCUT2D eigenvalue weighted by molar-refractivity contribution is 0.418. The van der Waals surface area contributed by atoms with Crippen LogP contribution in [-0.4, -0.2) is 13.6 Å². The highest BCUT2D eigenvalue weighted by Gasteiger charge is 2.14. The highest BCUT2D eigenvalue weighted by Crippen LogP contribution is 2.23. The van der Waals surface area contributed by atoms with Crippen molar-refractivity contribution in [3.8, 4) is 0 Å². The number of hydrogen-bond acceptors (Lipinski definition) is 1. The average molecular weight is 244 g/mol. The molecule has 90 valence electrons. The van der Waals surface area contributed by atoms with Crippen molar-refractivity contribution in [2.45, 2.75) is 26.7 Å². The Hall–Kier alpha value is -0.760. The topological polar surface area (TPSA) is 3.24 Å². The van der Waals surface area contributed by atoms with Gasteiger partial charge in [-0.25, -0.2) is 4.39 Å². The van der Waals surface area contributed by atoms with Crippen LogP contribution < -0.4 is 4.90 Å². The summed E-state index contributed by atoms with van der Waals surface area (Å²) in [6, 6.07) is 4.95. The molecule has 0 saturated carbocycles. The fraction of sp³-hybridized carbons (Fsp3) is 0.538. The number of alkyl halides is 1. The van der Waals surface area contributed by atoms with E-state index in [1.54, 1.807) is 6.07 Å². The van der Waals surface area contributed by atoms with E-state index in [0.29, 0.717) is 5.88 Å². The molecule has 0 N–H and O–H groups in total. The van der Waals surface area contributed by atoms with Gasteiger partial charge in [0.2, 0.25) is 0 Å². The minimum atomic E-state index is -0.228. The lowest BCUT2D eigenvalue weighted by Crippen LogP contribution is -2.29. The van der Waals surface area contributed by atoms with Gasteiger partial charge in [0.05, 0.1) is 0 Å². The zero-order valence-corrected chi connectivity index (χ0v) is 11.1. The Morgan fingerprint density at radius 2 is 1.88 bits per heavy atom. The summed E-state index contributed by atoms with van der Waals surface area (Å²) in [5, 5.41) is 0. The van der Waals surface area contributed by atoms with E-state index in [9.17, 15) is 4.39 Å². The molecule has 1 aromatic rings. The summed E-state index contributed by atoms with van der Waals surface area (Å²) in [5.74, 6) is 0.114. The van der Waals surface area contributed by atoms with Crippen molar-refractivity contribution < 1.29 is 4.39 Å². The largest absolute Gasteiger partial charge is 0.374 e. The summed E-state index contributed by atoms with van der Waals surface area (Å²) >= 11 is 5.72. The zero-order chi connectivity index (χ0) is 12.3. The van der Waals surface area contributed by atoms with Crippen LogP contribution in [0.5, 0.6) is 0 Å². The molecule has 0 aromatic heterocycles. The molecule has 0 spiro atoms. The van der Waals surface area contributed by atoms with Crippen LogP contribution in [0.15, 0.2) is 18.2 Å². The molecule has 0 aliphatic heterocycles. The van der Waals surface area contributed by atoms with E-state index in [4.69, 9.17) is 11.6 Å². The molecule has 1 aromatic carbocycles. The fourth-order valence-corrected chi connectivity index (χ4v) is 1.89. The van der Waals surface area contributed by atoms with Crippen molar-refractivity contribution in [3.63, 3.8) is 0 Å². The first-order valence-corrected chi connectivity index (χ1v) is 5.92. The van der Waals surface area contributed by atoms with Gasteiger partial charge >= 0.3 is 0 Å². The molecule has 0 atom stereocenters. The molecule has 0 aliphatic carbocycles.